The van der Waals surface area contributed by atoms with Crippen molar-refractivity contribution in [2.45, 2.75) is 25.2 Å². The van der Waals surface area contributed by atoms with Crippen molar-refractivity contribution in [3.05, 3.63) is 48.2 Å². The van der Waals surface area contributed by atoms with Gasteiger partial charge in [-0.25, -0.2) is 9.37 Å². The van der Waals surface area contributed by atoms with E-state index in [-0.39, 0.29) is 5.82 Å². The molecule has 1 aliphatic carbocycles. The van der Waals surface area contributed by atoms with Crippen LogP contribution in [0.3, 0.4) is 0 Å². The van der Waals surface area contributed by atoms with Crippen molar-refractivity contribution in [2.75, 3.05) is 31.1 Å². The minimum atomic E-state index is -0.355. The first kappa shape index (κ1) is 18.6. The van der Waals surface area contributed by atoms with Crippen molar-refractivity contribution < 1.29 is 9.13 Å². The van der Waals surface area contributed by atoms with Crippen LogP contribution in [0.2, 0.25) is 0 Å². The Kier molecular flexibility index (Phi) is 4.31. The molecule has 8 nitrogen and oxygen atoms in total. The molecule has 0 radical (unpaired) electrons. The smallest absolute Gasteiger partial charge is 0.282 e. The molecule has 1 aromatic carbocycles. The van der Waals surface area contributed by atoms with Crippen LogP contribution in [0.1, 0.15) is 30.7 Å². The largest absolute Gasteiger partial charge is 0.434 e. The molecule has 3 fully saturated rings. The van der Waals surface area contributed by atoms with Gasteiger partial charge in [-0.2, -0.15) is 10.2 Å². The minimum Gasteiger partial charge on any atom is -0.434 e. The van der Waals surface area contributed by atoms with Gasteiger partial charge in [-0.3, -0.25) is 0 Å². The molecule has 1 N–H and O–H groups in total. The molecular weight excluding hydrogens is 397 g/mol. The van der Waals surface area contributed by atoms with Crippen LogP contribution in [-0.4, -0.2) is 51.6 Å². The van der Waals surface area contributed by atoms with Crippen LogP contribution < -0.4 is 15.0 Å². The fourth-order valence-corrected chi connectivity index (χ4v) is 4.58. The van der Waals surface area contributed by atoms with Crippen molar-refractivity contribution >= 4 is 5.82 Å². The molecule has 31 heavy (non-hydrogen) atoms. The van der Waals surface area contributed by atoms with Gasteiger partial charge in [0.25, 0.3) is 5.88 Å². The molecule has 158 valence electrons. The number of halogens is 1. The average Bonchev–Trinajstić information content (AvgIpc) is 3.52. The number of hydrogen-bond acceptors (Lipinski definition) is 8. The van der Waals surface area contributed by atoms with Gasteiger partial charge in [0.2, 0.25) is 0 Å². The standard InChI is InChI=1S/C22H22FN7O/c23-15-3-4-18(17(9-15)19-16(14-1-2-14)5-7-26-28-19)31-21-20(25-13-27-29-21)30-8-6-22(12-30)10-24-11-22/h3-5,7,9,13-14,24H,1-2,6,8,10-12H2. The highest BCUT2D eigenvalue weighted by molar-refractivity contribution is 5.71. The van der Waals surface area contributed by atoms with Crippen molar-refractivity contribution in [1.29, 1.82) is 0 Å². The number of aromatic nitrogens is 5. The van der Waals surface area contributed by atoms with Gasteiger partial charge in [0, 0.05) is 43.4 Å². The van der Waals surface area contributed by atoms with Crippen molar-refractivity contribution in [2.24, 2.45) is 5.41 Å². The van der Waals surface area contributed by atoms with E-state index < -0.39 is 0 Å². The third kappa shape index (κ3) is 3.38. The third-order valence-corrected chi connectivity index (χ3v) is 6.48. The molecule has 2 aliphatic heterocycles. The maximum absolute atomic E-state index is 14.2. The van der Waals surface area contributed by atoms with Crippen LogP contribution in [0, 0.1) is 11.2 Å². The summed E-state index contributed by atoms with van der Waals surface area (Å²) in [4.78, 5) is 6.66. The second-order valence-electron chi connectivity index (χ2n) is 8.72. The number of ether oxygens (including phenoxy) is 1. The van der Waals surface area contributed by atoms with Gasteiger partial charge in [-0.1, -0.05) is 0 Å². The van der Waals surface area contributed by atoms with E-state index in [1.54, 1.807) is 12.3 Å². The topological polar surface area (TPSA) is 89.0 Å². The fraction of sp³-hybridized carbons (Fsp3) is 0.409. The average molecular weight is 419 g/mol. The van der Waals surface area contributed by atoms with E-state index in [2.05, 4.69) is 35.6 Å². The Morgan fingerprint density at radius 3 is 2.81 bits per heavy atom. The molecule has 0 bridgehead atoms. The third-order valence-electron chi connectivity index (χ3n) is 6.48. The predicted molar refractivity (Wildman–Crippen MR) is 111 cm³/mol. The quantitative estimate of drug-likeness (QED) is 0.675. The van der Waals surface area contributed by atoms with Gasteiger partial charge < -0.3 is 15.0 Å². The van der Waals surface area contributed by atoms with Crippen molar-refractivity contribution in [3.63, 3.8) is 0 Å². The van der Waals surface area contributed by atoms with Gasteiger partial charge in [-0.05, 0) is 55.0 Å². The summed E-state index contributed by atoms with van der Waals surface area (Å²) in [5.41, 5.74) is 2.59. The lowest BCUT2D eigenvalue weighted by molar-refractivity contribution is 0.199. The monoisotopic (exact) mass is 419 g/mol. The SMILES string of the molecule is Fc1ccc(Oc2nncnc2N2CCC3(CNC3)C2)c(-c2nnccc2C2CC2)c1. The molecule has 2 aromatic heterocycles. The lowest BCUT2D eigenvalue weighted by atomic mass is 9.81. The minimum absolute atomic E-state index is 0.308. The van der Waals surface area contributed by atoms with E-state index >= 15 is 0 Å². The van der Waals surface area contributed by atoms with E-state index in [0.717, 1.165) is 51.0 Å². The summed E-state index contributed by atoms with van der Waals surface area (Å²) < 4.78 is 20.4. The normalized spacial score (nSPS) is 19.5. The van der Waals surface area contributed by atoms with Gasteiger partial charge >= 0.3 is 0 Å². The molecule has 3 aliphatic rings. The van der Waals surface area contributed by atoms with Crippen LogP contribution in [0.25, 0.3) is 11.3 Å². The van der Waals surface area contributed by atoms with Gasteiger partial charge in [0.15, 0.2) is 5.82 Å². The highest BCUT2D eigenvalue weighted by atomic mass is 19.1. The molecule has 1 spiro atoms. The summed E-state index contributed by atoms with van der Waals surface area (Å²) in [6.45, 7) is 3.85. The van der Waals surface area contributed by atoms with Gasteiger partial charge in [0.1, 0.15) is 23.6 Å². The Labute approximate surface area is 178 Å². The number of rotatable bonds is 5. The zero-order chi connectivity index (χ0) is 20.8. The van der Waals surface area contributed by atoms with E-state index in [0.29, 0.717) is 40.0 Å². The Morgan fingerprint density at radius 1 is 1.13 bits per heavy atom. The lowest BCUT2D eigenvalue weighted by Gasteiger charge is -2.39. The number of benzene rings is 1. The van der Waals surface area contributed by atoms with Crippen LogP contribution in [0.4, 0.5) is 10.2 Å². The Bertz CT molecular complexity index is 1130. The Hall–Kier alpha value is -3.20. The molecule has 4 heterocycles. The Morgan fingerprint density at radius 2 is 2.03 bits per heavy atom. The molecule has 9 heteroatoms. The lowest BCUT2D eigenvalue weighted by Crippen LogP contribution is -2.54. The Balaban J connectivity index is 1.36. The molecule has 0 unspecified atom stereocenters. The summed E-state index contributed by atoms with van der Waals surface area (Å²) >= 11 is 0. The number of anilines is 1. The maximum atomic E-state index is 14.2. The van der Waals surface area contributed by atoms with Crippen molar-refractivity contribution in [3.8, 4) is 22.9 Å². The van der Waals surface area contributed by atoms with Crippen molar-refractivity contribution in [1.82, 2.24) is 30.7 Å². The van der Waals surface area contributed by atoms with Crippen LogP contribution in [0.15, 0.2) is 36.8 Å². The van der Waals surface area contributed by atoms with E-state index in [1.807, 2.05) is 6.07 Å². The zero-order valence-electron chi connectivity index (χ0n) is 17.0. The number of hydrogen-bond donors (Lipinski definition) is 1. The molecular formula is C22H22FN7O. The van der Waals surface area contributed by atoms with E-state index in [9.17, 15) is 4.39 Å². The molecule has 1 saturated carbocycles. The molecule has 6 rings (SSSR count). The summed E-state index contributed by atoms with van der Waals surface area (Å²) in [5.74, 6) is 1.53. The summed E-state index contributed by atoms with van der Waals surface area (Å²) in [6, 6.07) is 6.38. The molecule has 3 aromatic rings. The van der Waals surface area contributed by atoms with Gasteiger partial charge in [0.05, 0.1) is 0 Å². The molecule has 0 amide bonds. The second kappa shape index (κ2) is 7.19. The first-order valence-electron chi connectivity index (χ1n) is 10.6. The fourth-order valence-electron chi connectivity index (χ4n) is 4.58. The zero-order valence-corrected chi connectivity index (χ0v) is 17.0. The van der Waals surface area contributed by atoms with Crippen LogP contribution in [-0.2, 0) is 0 Å². The number of nitrogens with zero attached hydrogens (tertiary/aromatic N) is 6. The second-order valence-corrected chi connectivity index (χ2v) is 8.72. The first-order chi connectivity index (χ1) is 15.2. The molecule has 2 saturated heterocycles. The summed E-state index contributed by atoms with van der Waals surface area (Å²) in [6.07, 6.45) is 6.43. The van der Waals surface area contributed by atoms with Gasteiger partial charge in [-0.15, -0.1) is 10.2 Å². The first-order valence-corrected chi connectivity index (χ1v) is 10.6. The summed E-state index contributed by atoms with van der Waals surface area (Å²) in [5, 5.41) is 19.9. The van der Waals surface area contributed by atoms with E-state index in [4.69, 9.17) is 4.74 Å². The number of nitrogens with one attached hydrogen (secondary N) is 1. The summed E-state index contributed by atoms with van der Waals surface area (Å²) in [7, 11) is 0. The van der Waals surface area contributed by atoms with E-state index in [1.165, 1.54) is 18.5 Å². The maximum Gasteiger partial charge on any atom is 0.282 e. The van der Waals surface area contributed by atoms with Crippen LogP contribution >= 0.6 is 0 Å². The molecule has 0 atom stereocenters. The predicted octanol–water partition coefficient (Wildman–Crippen LogP) is 2.94. The highest BCUT2D eigenvalue weighted by Crippen LogP contribution is 2.46. The van der Waals surface area contributed by atoms with Crippen LogP contribution in [0.5, 0.6) is 11.6 Å². The highest BCUT2D eigenvalue weighted by Gasteiger charge is 2.44.